The number of rotatable bonds is 3. The summed E-state index contributed by atoms with van der Waals surface area (Å²) in [5, 5.41) is 12.7. The van der Waals surface area contributed by atoms with Crippen molar-refractivity contribution in [1.29, 1.82) is 5.26 Å². The molecule has 0 bridgehead atoms. The predicted molar refractivity (Wildman–Crippen MR) is 76.1 cm³/mol. The molecule has 0 saturated carbocycles. The van der Waals surface area contributed by atoms with Gasteiger partial charge in [-0.25, -0.2) is 0 Å². The van der Waals surface area contributed by atoms with Gasteiger partial charge >= 0.3 is 6.18 Å². The van der Waals surface area contributed by atoms with Gasteiger partial charge in [0.05, 0.1) is 23.4 Å². The lowest BCUT2D eigenvalue weighted by Crippen LogP contribution is -2.26. The topological polar surface area (TPSA) is 61.9 Å². The zero-order valence-electron chi connectivity index (χ0n) is 12.4. The first-order valence-corrected chi connectivity index (χ1v) is 6.56. The monoisotopic (exact) mass is 322 g/mol. The second-order valence-corrected chi connectivity index (χ2v) is 5.08. The molecule has 1 heterocycles. The summed E-state index contributed by atoms with van der Waals surface area (Å²) in [6, 6.07) is 5.04. The molecule has 0 spiro atoms. The molecule has 1 amide bonds. The number of hydrogen-bond donors (Lipinski definition) is 0. The Hall–Kier alpha value is -2.82. The van der Waals surface area contributed by atoms with Crippen molar-refractivity contribution in [2.45, 2.75) is 12.7 Å². The highest BCUT2D eigenvalue weighted by atomic mass is 19.4. The molecular formula is C15H13F3N4O. The van der Waals surface area contributed by atoms with Gasteiger partial charge in [0.15, 0.2) is 0 Å². The minimum atomic E-state index is -4.59. The van der Waals surface area contributed by atoms with Gasteiger partial charge in [-0.3, -0.25) is 9.48 Å². The fourth-order valence-electron chi connectivity index (χ4n) is 1.97. The molecular weight excluding hydrogens is 309 g/mol. The average Bonchev–Trinajstić information content (AvgIpc) is 2.93. The van der Waals surface area contributed by atoms with Crippen molar-refractivity contribution in [3.63, 3.8) is 0 Å². The summed E-state index contributed by atoms with van der Waals surface area (Å²) in [4.78, 5) is 13.0. The Kier molecular flexibility index (Phi) is 4.40. The lowest BCUT2D eigenvalue weighted by atomic mass is 9.99. The van der Waals surface area contributed by atoms with Crippen LogP contribution >= 0.6 is 0 Å². The maximum absolute atomic E-state index is 13.2. The van der Waals surface area contributed by atoms with E-state index in [1.54, 1.807) is 20.2 Å². The maximum Gasteiger partial charge on any atom is 0.417 e. The van der Waals surface area contributed by atoms with Gasteiger partial charge in [-0.05, 0) is 17.7 Å². The van der Waals surface area contributed by atoms with Crippen molar-refractivity contribution < 1.29 is 18.0 Å². The largest absolute Gasteiger partial charge is 0.417 e. The third-order valence-electron chi connectivity index (χ3n) is 3.19. The molecule has 2 rings (SSSR count). The molecule has 5 nitrogen and oxygen atoms in total. The van der Waals surface area contributed by atoms with E-state index in [2.05, 4.69) is 5.10 Å². The summed E-state index contributed by atoms with van der Waals surface area (Å²) in [5.74, 6) is -0.226. The molecule has 0 aliphatic rings. The predicted octanol–water partition coefficient (Wildman–Crippen LogP) is 2.53. The van der Waals surface area contributed by atoms with Crippen molar-refractivity contribution >= 4 is 5.91 Å². The summed E-state index contributed by atoms with van der Waals surface area (Å²) in [6.07, 6.45) is -1.96. The number of hydrogen-bond acceptors (Lipinski definition) is 3. The van der Waals surface area contributed by atoms with Crippen LogP contribution in [-0.4, -0.2) is 34.7 Å². The lowest BCUT2D eigenvalue weighted by Gasteiger charge is -2.12. The maximum atomic E-state index is 13.2. The van der Waals surface area contributed by atoms with Crippen LogP contribution in [0.5, 0.6) is 0 Å². The van der Waals surface area contributed by atoms with Gasteiger partial charge in [-0.15, -0.1) is 0 Å². The standard InChI is InChI=1S/C15H13F3N4O/c1-21(2)14(23)9-22-8-11(7-20-22)12-4-3-10(6-19)5-13(12)15(16,17)18/h3-5,7-8H,9H2,1-2H3. The van der Waals surface area contributed by atoms with Crippen LogP contribution in [0.15, 0.2) is 30.6 Å². The molecule has 120 valence electrons. The first-order chi connectivity index (χ1) is 10.7. The summed E-state index contributed by atoms with van der Waals surface area (Å²) in [7, 11) is 3.16. The molecule has 0 N–H and O–H groups in total. The van der Waals surface area contributed by atoms with Crippen LogP contribution in [0, 0.1) is 11.3 Å². The van der Waals surface area contributed by atoms with Gasteiger partial charge in [0.25, 0.3) is 0 Å². The normalized spacial score (nSPS) is 11.1. The first kappa shape index (κ1) is 16.5. The minimum absolute atomic E-state index is 0.0649. The van der Waals surface area contributed by atoms with E-state index in [9.17, 15) is 18.0 Å². The molecule has 0 fully saturated rings. The molecule has 0 aliphatic carbocycles. The number of carbonyl (C=O) groups is 1. The van der Waals surface area contributed by atoms with E-state index in [-0.39, 0.29) is 29.1 Å². The number of alkyl halides is 3. The molecule has 23 heavy (non-hydrogen) atoms. The number of benzene rings is 1. The first-order valence-electron chi connectivity index (χ1n) is 6.56. The van der Waals surface area contributed by atoms with E-state index in [1.807, 2.05) is 0 Å². The summed E-state index contributed by atoms with van der Waals surface area (Å²) < 4.78 is 40.8. The summed E-state index contributed by atoms with van der Waals surface area (Å²) >= 11 is 0. The third kappa shape index (κ3) is 3.69. The van der Waals surface area contributed by atoms with Crippen LogP contribution in [-0.2, 0) is 17.5 Å². The van der Waals surface area contributed by atoms with Gasteiger partial charge in [0.1, 0.15) is 6.54 Å². The van der Waals surface area contributed by atoms with E-state index < -0.39 is 11.7 Å². The minimum Gasteiger partial charge on any atom is -0.347 e. The average molecular weight is 322 g/mol. The number of carbonyl (C=O) groups excluding carboxylic acids is 1. The Balaban J connectivity index is 2.42. The van der Waals surface area contributed by atoms with Crippen molar-refractivity contribution in [2.75, 3.05) is 14.1 Å². The van der Waals surface area contributed by atoms with Crippen LogP contribution in [0.25, 0.3) is 11.1 Å². The van der Waals surface area contributed by atoms with Gasteiger partial charge in [-0.1, -0.05) is 6.07 Å². The zero-order chi connectivity index (χ0) is 17.2. The van der Waals surface area contributed by atoms with Crippen LogP contribution in [0.3, 0.4) is 0 Å². The van der Waals surface area contributed by atoms with E-state index in [4.69, 9.17) is 5.26 Å². The van der Waals surface area contributed by atoms with Crippen molar-refractivity contribution in [3.05, 3.63) is 41.7 Å². The van der Waals surface area contributed by atoms with E-state index >= 15 is 0 Å². The quantitative estimate of drug-likeness (QED) is 0.872. The molecule has 0 unspecified atom stereocenters. The Labute approximate surface area is 130 Å². The highest BCUT2D eigenvalue weighted by Gasteiger charge is 2.34. The van der Waals surface area contributed by atoms with Crippen molar-refractivity contribution in [2.24, 2.45) is 0 Å². The van der Waals surface area contributed by atoms with E-state index in [0.717, 1.165) is 6.07 Å². The fourth-order valence-corrected chi connectivity index (χ4v) is 1.97. The highest BCUT2D eigenvalue weighted by molar-refractivity contribution is 5.75. The molecule has 1 aromatic carbocycles. The number of likely N-dealkylation sites (N-methyl/N-ethyl adjacent to an activating group) is 1. The van der Waals surface area contributed by atoms with Crippen molar-refractivity contribution in [1.82, 2.24) is 14.7 Å². The van der Waals surface area contributed by atoms with Crippen LogP contribution in [0.4, 0.5) is 13.2 Å². The Morgan fingerprint density at radius 2 is 2.09 bits per heavy atom. The van der Waals surface area contributed by atoms with E-state index in [0.29, 0.717) is 0 Å². The lowest BCUT2D eigenvalue weighted by molar-refractivity contribution is -0.137. The summed E-state index contributed by atoms with van der Waals surface area (Å²) in [6.45, 7) is -0.0649. The molecule has 2 aromatic rings. The Morgan fingerprint density at radius 1 is 1.39 bits per heavy atom. The Bertz CT molecular complexity index is 772. The number of amides is 1. The van der Waals surface area contributed by atoms with E-state index in [1.165, 1.54) is 34.1 Å². The van der Waals surface area contributed by atoms with Crippen molar-refractivity contribution in [3.8, 4) is 17.2 Å². The fraction of sp³-hybridized carbons (Fsp3) is 0.267. The zero-order valence-corrected chi connectivity index (χ0v) is 12.4. The number of nitriles is 1. The number of halogens is 3. The number of aromatic nitrogens is 2. The molecule has 0 saturated heterocycles. The van der Waals surface area contributed by atoms with Crippen LogP contribution < -0.4 is 0 Å². The second kappa shape index (κ2) is 6.12. The molecule has 0 aliphatic heterocycles. The van der Waals surface area contributed by atoms with Gasteiger partial charge in [0.2, 0.25) is 5.91 Å². The van der Waals surface area contributed by atoms with Crippen LogP contribution in [0.2, 0.25) is 0 Å². The Morgan fingerprint density at radius 3 is 2.65 bits per heavy atom. The van der Waals surface area contributed by atoms with Gasteiger partial charge < -0.3 is 4.90 Å². The smallest absolute Gasteiger partial charge is 0.347 e. The summed E-state index contributed by atoms with van der Waals surface area (Å²) in [5.41, 5.74) is -0.834. The second-order valence-electron chi connectivity index (χ2n) is 5.08. The molecule has 1 aromatic heterocycles. The number of nitrogens with zero attached hydrogens (tertiary/aromatic N) is 4. The molecule has 0 atom stereocenters. The van der Waals surface area contributed by atoms with Crippen LogP contribution in [0.1, 0.15) is 11.1 Å². The molecule has 8 heteroatoms. The SMILES string of the molecule is CN(C)C(=O)Cn1cc(-c2ccc(C#N)cc2C(F)(F)F)cn1. The molecule has 0 radical (unpaired) electrons. The third-order valence-corrected chi connectivity index (χ3v) is 3.19. The van der Waals surface area contributed by atoms with Gasteiger partial charge in [-0.2, -0.15) is 23.5 Å². The highest BCUT2D eigenvalue weighted by Crippen LogP contribution is 2.37. The van der Waals surface area contributed by atoms with Gasteiger partial charge in [0, 0.05) is 25.9 Å².